The third-order valence-electron chi connectivity index (χ3n) is 1.99. The van der Waals surface area contributed by atoms with Gasteiger partial charge in [0, 0.05) is 12.4 Å². The third kappa shape index (κ3) is 3.34. The Morgan fingerprint density at radius 3 is 2.94 bits per heavy atom. The molecular weight excluding hydrogens is 306 g/mol. The van der Waals surface area contributed by atoms with Crippen LogP contribution in [0.3, 0.4) is 0 Å². The number of halogens is 2. The molecule has 1 N–H and O–H groups in total. The van der Waals surface area contributed by atoms with Gasteiger partial charge in [0.1, 0.15) is 11.6 Å². The Morgan fingerprint density at radius 2 is 2.18 bits per heavy atom. The average molecular weight is 315 g/mol. The molecule has 0 radical (unpaired) electrons. The smallest absolute Gasteiger partial charge is 0.224 e. The summed E-state index contributed by atoms with van der Waals surface area (Å²) in [6, 6.07) is 1.84. The second-order valence-electron chi connectivity index (χ2n) is 3.28. The number of anilines is 1. The van der Waals surface area contributed by atoms with Crippen LogP contribution in [-0.4, -0.2) is 19.9 Å². The van der Waals surface area contributed by atoms with E-state index in [4.69, 9.17) is 11.6 Å². The van der Waals surface area contributed by atoms with Crippen molar-refractivity contribution >= 4 is 33.3 Å². The lowest BCUT2D eigenvalue weighted by atomic mass is 10.4. The average Bonchev–Trinajstić information content (AvgIpc) is 2.30. The summed E-state index contributed by atoms with van der Waals surface area (Å²) in [6.45, 7) is 2.40. The van der Waals surface area contributed by atoms with Crippen molar-refractivity contribution in [2.75, 3.05) is 5.32 Å². The molecule has 2 aromatic heterocycles. The van der Waals surface area contributed by atoms with Crippen molar-refractivity contribution in [2.24, 2.45) is 0 Å². The van der Waals surface area contributed by atoms with Crippen LogP contribution in [0.4, 0.5) is 5.82 Å². The summed E-state index contributed by atoms with van der Waals surface area (Å²) in [6.07, 6.45) is 3.32. The molecule has 2 rings (SSSR count). The Morgan fingerprint density at radius 1 is 1.35 bits per heavy atom. The predicted molar refractivity (Wildman–Crippen MR) is 68.8 cm³/mol. The van der Waals surface area contributed by atoms with Gasteiger partial charge in [-0.3, -0.25) is 0 Å². The lowest BCUT2D eigenvalue weighted by molar-refractivity contribution is 0.946. The second kappa shape index (κ2) is 5.37. The molecule has 0 saturated carbocycles. The quantitative estimate of drug-likeness (QED) is 0.882. The van der Waals surface area contributed by atoms with E-state index in [1.807, 2.05) is 13.0 Å². The Labute approximate surface area is 112 Å². The van der Waals surface area contributed by atoms with Crippen LogP contribution in [0.5, 0.6) is 0 Å². The standard InChI is InChI=1S/C10H9BrClN5/c1-6-13-3-2-7(16-6)4-14-9-8(11)5-15-10(12)17-9/h2-3,5H,4H2,1H3,(H,14,15,17). The van der Waals surface area contributed by atoms with Crippen molar-refractivity contribution in [1.29, 1.82) is 0 Å². The van der Waals surface area contributed by atoms with E-state index in [2.05, 4.69) is 41.2 Å². The summed E-state index contributed by atoms with van der Waals surface area (Å²) in [5, 5.41) is 3.33. The first-order valence-electron chi connectivity index (χ1n) is 4.85. The van der Waals surface area contributed by atoms with Crippen LogP contribution >= 0.6 is 27.5 Å². The third-order valence-corrected chi connectivity index (χ3v) is 2.75. The van der Waals surface area contributed by atoms with Crippen molar-refractivity contribution in [3.63, 3.8) is 0 Å². The zero-order chi connectivity index (χ0) is 12.3. The molecule has 0 fully saturated rings. The number of hydrogen-bond donors (Lipinski definition) is 1. The predicted octanol–water partition coefficient (Wildman–Crippen LogP) is 2.60. The van der Waals surface area contributed by atoms with Gasteiger partial charge in [0.05, 0.1) is 16.7 Å². The molecule has 88 valence electrons. The number of aryl methyl sites for hydroxylation is 1. The van der Waals surface area contributed by atoms with Crippen molar-refractivity contribution < 1.29 is 0 Å². The highest BCUT2D eigenvalue weighted by atomic mass is 79.9. The lowest BCUT2D eigenvalue weighted by Crippen LogP contribution is -2.05. The normalized spacial score (nSPS) is 10.3. The van der Waals surface area contributed by atoms with Crippen molar-refractivity contribution in [3.05, 3.63) is 39.7 Å². The molecule has 0 amide bonds. The maximum atomic E-state index is 5.72. The van der Waals surface area contributed by atoms with E-state index in [0.29, 0.717) is 12.4 Å². The van der Waals surface area contributed by atoms with Crippen LogP contribution in [0.25, 0.3) is 0 Å². The first-order valence-corrected chi connectivity index (χ1v) is 6.02. The highest BCUT2D eigenvalue weighted by Gasteiger charge is 2.04. The summed E-state index contributed by atoms with van der Waals surface area (Å²) in [5.74, 6) is 1.38. The van der Waals surface area contributed by atoms with Crippen molar-refractivity contribution in [1.82, 2.24) is 19.9 Å². The minimum absolute atomic E-state index is 0.203. The monoisotopic (exact) mass is 313 g/mol. The maximum absolute atomic E-state index is 5.72. The zero-order valence-electron chi connectivity index (χ0n) is 8.98. The number of nitrogens with zero attached hydrogens (tertiary/aromatic N) is 4. The van der Waals surface area contributed by atoms with Gasteiger partial charge < -0.3 is 5.32 Å². The fourth-order valence-electron chi connectivity index (χ4n) is 1.25. The van der Waals surface area contributed by atoms with Gasteiger partial charge in [-0.05, 0) is 40.5 Å². The topological polar surface area (TPSA) is 63.6 Å². The molecule has 0 aliphatic rings. The molecule has 2 aromatic rings. The number of nitrogens with one attached hydrogen (secondary N) is 1. The summed E-state index contributed by atoms with van der Waals surface area (Å²) in [5.41, 5.74) is 0.888. The molecule has 0 saturated heterocycles. The Bertz CT molecular complexity index is 534. The molecule has 0 unspecified atom stereocenters. The molecule has 0 bridgehead atoms. The first kappa shape index (κ1) is 12.2. The largest absolute Gasteiger partial charge is 0.363 e. The van der Waals surface area contributed by atoms with Gasteiger partial charge in [-0.1, -0.05) is 0 Å². The molecule has 0 spiro atoms. The van der Waals surface area contributed by atoms with Gasteiger partial charge >= 0.3 is 0 Å². The van der Waals surface area contributed by atoms with Gasteiger partial charge in [0.2, 0.25) is 5.28 Å². The summed E-state index contributed by atoms with van der Waals surface area (Å²) in [4.78, 5) is 16.2. The van der Waals surface area contributed by atoms with Crippen LogP contribution in [0.1, 0.15) is 11.5 Å². The van der Waals surface area contributed by atoms with Gasteiger partial charge in [-0.2, -0.15) is 4.98 Å². The number of rotatable bonds is 3. The minimum Gasteiger partial charge on any atom is -0.363 e. The summed E-state index contributed by atoms with van der Waals surface area (Å²) >= 11 is 9.05. The van der Waals surface area contributed by atoms with Crippen LogP contribution in [0.15, 0.2) is 22.9 Å². The highest BCUT2D eigenvalue weighted by molar-refractivity contribution is 9.10. The fourth-order valence-corrected chi connectivity index (χ4v) is 1.71. The van der Waals surface area contributed by atoms with Crippen LogP contribution in [0.2, 0.25) is 5.28 Å². The Balaban J connectivity index is 2.09. The summed E-state index contributed by atoms with van der Waals surface area (Å²) in [7, 11) is 0. The summed E-state index contributed by atoms with van der Waals surface area (Å²) < 4.78 is 0.757. The zero-order valence-corrected chi connectivity index (χ0v) is 11.3. The number of hydrogen-bond acceptors (Lipinski definition) is 5. The van der Waals surface area contributed by atoms with E-state index in [0.717, 1.165) is 16.0 Å². The number of aromatic nitrogens is 4. The lowest BCUT2D eigenvalue weighted by Gasteiger charge is -2.07. The van der Waals surface area contributed by atoms with Gasteiger partial charge in [-0.25, -0.2) is 15.0 Å². The molecule has 17 heavy (non-hydrogen) atoms. The van der Waals surface area contributed by atoms with Gasteiger partial charge in [-0.15, -0.1) is 0 Å². The molecule has 7 heteroatoms. The van der Waals surface area contributed by atoms with Crippen LogP contribution in [0, 0.1) is 6.92 Å². The molecular formula is C10H9BrClN5. The molecule has 0 aromatic carbocycles. The molecule has 0 atom stereocenters. The van der Waals surface area contributed by atoms with Crippen molar-refractivity contribution in [3.8, 4) is 0 Å². The molecule has 5 nitrogen and oxygen atoms in total. The first-order chi connectivity index (χ1) is 8.15. The molecule has 2 heterocycles. The van der Waals surface area contributed by atoms with Crippen LogP contribution in [-0.2, 0) is 6.54 Å². The SMILES string of the molecule is Cc1nccc(CNc2nc(Cl)ncc2Br)n1. The van der Waals surface area contributed by atoms with E-state index in [1.165, 1.54) is 0 Å². The van der Waals surface area contributed by atoms with E-state index in [9.17, 15) is 0 Å². The van der Waals surface area contributed by atoms with E-state index < -0.39 is 0 Å². The van der Waals surface area contributed by atoms with E-state index in [-0.39, 0.29) is 5.28 Å². The molecule has 0 aliphatic heterocycles. The van der Waals surface area contributed by atoms with Gasteiger partial charge in [0.15, 0.2) is 0 Å². The van der Waals surface area contributed by atoms with E-state index in [1.54, 1.807) is 12.4 Å². The van der Waals surface area contributed by atoms with Gasteiger partial charge in [0.25, 0.3) is 0 Å². The van der Waals surface area contributed by atoms with Crippen molar-refractivity contribution in [2.45, 2.75) is 13.5 Å². The second-order valence-corrected chi connectivity index (χ2v) is 4.48. The van der Waals surface area contributed by atoms with E-state index >= 15 is 0 Å². The highest BCUT2D eigenvalue weighted by Crippen LogP contribution is 2.20. The Kier molecular flexibility index (Phi) is 3.86. The minimum atomic E-state index is 0.203. The maximum Gasteiger partial charge on any atom is 0.224 e. The Hall–Kier alpha value is -1.27. The molecule has 0 aliphatic carbocycles. The fraction of sp³-hybridized carbons (Fsp3) is 0.200. The van der Waals surface area contributed by atoms with Crippen LogP contribution < -0.4 is 5.32 Å².